The van der Waals surface area contributed by atoms with Gasteiger partial charge in [-0.05, 0) is 24.5 Å². The van der Waals surface area contributed by atoms with Crippen molar-refractivity contribution in [2.45, 2.75) is 19.0 Å². The number of alkyl halides is 3. The number of rotatable bonds is 7. The molecule has 2 aromatic rings. The van der Waals surface area contributed by atoms with Crippen LogP contribution < -0.4 is 10.2 Å². The third-order valence-electron chi connectivity index (χ3n) is 5.00. The highest BCUT2D eigenvalue weighted by atomic mass is 35.5. The number of aromatic nitrogens is 1. The number of hydrogen-bond donors (Lipinski definition) is 1. The standard InChI is InChI=1S/C21H24ClF3N4O/c22-18-13-17(21(23,24)25)14-27-20(18)29-11-9-28(10-12-29)15-19(30)26-8-4-7-16-5-2-1-3-6-16/h1-3,5-6,13-14H,4,7-12,15H2,(H,26,30). The van der Waals surface area contributed by atoms with Gasteiger partial charge in [-0.15, -0.1) is 0 Å². The molecule has 0 bridgehead atoms. The number of nitrogens with zero attached hydrogens (tertiary/aromatic N) is 3. The summed E-state index contributed by atoms with van der Waals surface area (Å²) < 4.78 is 38.3. The molecule has 1 aliphatic heterocycles. The van der Waals surface area contributed by atoms with Gasteiger partial charge in [-0.2, -0.15) is 13.2 Å². The van der Waals surface area contributed by atoms with Crippen LogP contribution in [0, 0.1) is 0 Å². The molecule has 1 aromatic heterocycles. The van der Waals surface area contributed by atoms with Gasteiger partial charge in [0, 0.05) is 38.9 Å². The lowest BCUT2D eigenvalue weighted by molar-refractivity contribution is -0.137. The lowest BCUT2D eigenvalue weighted by Crippen LogP contribution is -2.49. The summed E-state index contributed by atoms with van der Waals surface area (Å²) in [4.78, 5) is 19.9. The Morgan fingerprint density at radius 2 is 1.83 bits per heavy atom. The zero-order chi connectivity index (χ0) is 21.6. The lowest BCUT2D eigenvalue weighted by atomic mass is 10.1. The molecule has 1 aromatic carbocycles. The number of carbonyl (C=O) groups is 1. The Labute approximate surface area is 178 Å². The maximum absolute atomic E-state index is 12.8. The van der Waals surface area contributed by atoms with E-state index in [1.165, 1.54) is 5.56 Å². The molecule has 1 fully saturated rings. The van der Waals surface area contributed by atoms with Crippen LogP contribution in [0.1, 0.15) is 17.5 Å². The quantitative estimate of drug-likeness (QED) is 0.668. The van der Waals surface area contributed by atoms with E-state index in [2.05, 4.69) is 22.4 Å². The monoisotopic (exact) mass is 440 g/mol. The van der Waals surface area contributed by atoms with Crippen LogP contribution in [0.4, 0.5) is 19.0 Å². The first-order valence-electron chi connectivity index (χ1n) is 9.83. The van der Waals surface area contributed by atoms with E-state index in [1.807, 2.05) is 28.0 Å². The van der Waals surface area contributed by atoms with Crippen molar-refractivity contribution in [3.8, 4) is 0 Å². The highest BCUT2D eigenvalue weighted by Gasteiger charge is 2.32. The number of nitrogens with one attached hydrogen (secondary N) is 1. The molecule has 5 nitrogen and oxygen atoms in total. The predicted molar refractivity (Wildman–Crippen MR) is 111 cm³/mol. The van der Waals surface area contributed by atoms with E-state index in [4.69, 9.17) is 11.6 Å². The number of piperazine rings is 1. The third kappa shape index (κ3) is 6.34. The summed E-state index contributed by atoms with van der Waals surface area (Å²) in [5, 5.41) is 2.92. The van der Waals surface area contributed by atoms with Gasteiger partial charge in [0.1, 0.15) is 5.82 Å². The summed E-state index contributed by atoms with van der Waals surface area (Å²) >= 11 is 6.02. The fraction of sp³-hybridized carbons (Fsp3) is 0.429. The van der Waals surface area contributed by atoms with Crippen molar-refractivity contribution >= 4 is 23.3 Å². The van der Waals surface area contributed by atoms with Crippen LogP contribution in [0.5, 0.6) is 0 Å². The molecule has 0 aliphatic carbocycles. The van der Waals surface area contributed by atoms with Crippen molar-refractivity contribution in [1.82, 2.24) is 15.2 Å². The largest absolute Gasteiger partial charge is 0.417 e. The predicted octanol–water partition coefficient (Wildman–Crippen LogP) is 3.62. The molecule has 30 heavy (non-hydrogen) atoms. The second-order valence-electron chi connectivity index (χ2n) is 7.23. The van der Waals surface area contributed by atoms with Crippen LogP contribution in [0.15, 0.2) is 42.6 Å². The van der Waals surface area contributed by atoms with E-state index < -0.39 is 11.7 Å². The number of halogens is 4. The highest BCUT2D eigenvalue weighted by Crippen LogP contribution is 2.33. The molecule has 1 amide bonds. The van der Waals surface area contributed by atoms with Gasteiger partial charge >= 0.3 is 6.18 Å². The Hall–Kier alpha value is -2.32. The SMILES string of the molecule is O=C(CN1CCN(c2ncc(C(F)(F)F)cc2Cl)CC1)NCCCc1ccccc1. The van der Waals surface area contributed by atoms with Crippen molar-refractivity contribution in [2.75, 3.05) is 44.2 Å². The van der Waals surface area contributed by atoms with Gasteiger partial charge in [0.15, 0.2) is 0 Å². The van der Waals surface area contributed by atoms with Gasteiger partial charge in [0.2, 0.25) is 5.91 Å². The number of benzene rings is 1. The molecule has 0 radical (unpaired) electrons. The lowest BCUT2D eigenvalue weighted by Gasteiger charge is -2.35. The van der Waals surface area contributed by atoms with E-state index in [0.717, 1.165) is 25.1 Å². The molecule has 0 saturated carbocycles. The maximum atomic E-state index is 12.8. The molecular weight excluding hydrogens is 417 g/mol. The van der Waals surface area contributed by atoms with Crippen molar-refractivity contribution < 1.29 is 18.0 Å². The summed E-state index contributed by atoms with van der Waals surface area (Å²) in [7, 11) is 0. The van der Waals surface area contributed by atoms with E-state index in [9.17, 15) is 18.0 Å². The summed E-state index contributed by atoms with van der Waals surface area (Å²) in [6.45, 7) is 3.22. The summed E-state index contributed by atoms with van der Waals surface area (Å²) in [6.07, 6.45) is -1.87. The summed E-state index contributed by atoms with van der Waals surface area (Å²) in [6, 6.07) is 11.0. The van der Waals surface area contributed by atoms with Crippen LogP contribution in [-0.4, -0.2) is 55.1 Å². The first-order chi connectivity index (χ1) is 14.3. The minimum atomic E-state index is -4.47. The van der Waals surface area contributed by atoms with Gasteiger partial charge in [0.25, 0.3) is 0 Å². The van der Waals surface area contributed by atoms with Crippen LogP contribution in [0.3, 0.4) is 0 Å². The zero-order valence-corrected chi connectivity index (χ0v) is 17.2. The molecule has 1 saturated heterocycles. The second-order valence-corrected chi connectivity index (χ2v) is 7.64. The average molecular weight is 441 g/mol. The Balaban J connectivity index is 1.39. The first-order valence-corrected chi connectivity index (χ1v) is 10.2. The molecule has 1 aliphatic rings. The number of amides is 1. The normalized spacial score (nSPS) is 15.3. The topological polar surface area (TPSA) is 48.5 Å². The van der Waals surface area contributed by atoms with Crippen molar-refractivity contribution in [1.29, 1.82) is 0 Å². The van der Waals surface area contributed by atoms with Gasteiger partial charge in [-0.3, -0.25) is 9.69 Å². The molecule has 9 heteroatoms. The molecule has 162 valence electrons. The summed E-state index contributed by atoms with van der Waals surface area (Å²) in [5.74, 6) is 0.317. The molecule has 2 heterocycles. The highest BCUT2D eigenvalue weighted by molar-refractivity contribution is 6.33. The van der Waals surface area contributed by atoms with Crippen LogP contribution in [-0.2, 0) is 17.4 Å². The summed E-state index contributed by atoms with van der Waals surface area (Å²) in [5.41, 5.74) is 0.386. The number of carbonyl (C=O) groups excluding carboxylic acids is 1. The molecular formula is C21H24ClF3N4O. The van der Waals surface area contributed by atoms with Gasteiger partial charge in [-0.25, -0.2) is 4.98 Å². The molecule has 0 atom stereocenters. The van der Waals surface area contributed by atoms with Gasteiger partial charge in [0.05, 0.1) is 17.1 Å². The smallest absolute Gasteiger partial charge is 0.355 e. The number of anilines is 1. The van der Waals surface area contributed by atoms with Crippen molar-refractivity contribution in [3.63, 3.8) is 0 Å². The van der Waals surface area contributed by atoms with Crippen LogP contribution in [0.25, 0.3) is 0 Å². The fourth-order valence-electron chi connectivity index (χ4n) is 3.36. The Morgan fingerprint density at radius 1 is 1.13 bits per heavy atom. The number of hydrogen-bond acceptors (Lipinski definition) is 4. The van der Waals surface area contributed by atoms with E-state index in [1.54, 1.807) is 0 Å². The number of pyridine rings is 1. The minimum Gasteiger partial charge on any atom is -0.355 e. The Morgan fingerprint density at radius 3 is 2.47 bits per heavy atom. The minimum absolute atomic E-state index is 0.0190. The van der Waals surface area contributed by atoms with E-state index >= 15 is 0 Å². The van der Waals surface area contributed by atoms with Gasteiger partial charge in [-0.1, -0.05) is 41.9 Å². The molecule has 0 spiro atoms. The van der Waals surface area contributed by atoms with Gasteiger partial charge < -0.3 is 10.2 Å². The first kappa shape index (κ1) is 22.4. The number of aryl methyl sites for hydroxylation is 1. The van der Waals surface area contributed by atoms with Crippen molar-refractivity contribution in [3.05, 3.63) is 58.7 Å². The van der Waals surface area contributed by atoms with E-state index in [0.29, 0.717) is 45.1 Å². The maximum Gasteiger partial charge on any atom is 0.417 e. The van der Waals surface area contributed by atoms with Crippen LogP contribution in [0.2, 0.25) is 5.02 Å². The van der Waals surface area contributed by atoms with Crippen LogP contribution >= 0.6 is 11.6 Å². The van der Waals surface area contributed by atoms with E-state index in [-0.39, 0.29) is 10.9 Å². The average Bonchev–Trinajstić information content (AvgIpc) is 2.72. The molecule has 1 N–H and O–H groups in total. The Bertz CT molecular complexity index is 840. The third-order valence-corrected chi connectivity index (χ3v) is 5.27. The zero-order valence-electron chi connectivity index (χ0n) is 16.5. The van der Waals surface area contributed by atoms with Crippen molar-refractivity contribution in [2.24, 2.45) is 0 Å². The molecule has 3 rings (SSSR count). The second kappa shape index (κ2) is 10.1. The Kier molecular flexibility index (Phi) is 7.55. The fourth-order valence-corrected chi connectivity index (χ4v) is 3.65. The molecule has 0 unspecified atom stereocenters.